The van der Waals surface area contributed by atoms with Crippen molar-refractivity contribution in [2.24, 2.45) is 0 Å². The minimum absolute atomic E-state index is 0.233. The van der Waals surface area contributed by atoms with E-state index >= 15 is 0 Å². The molecule has 4 atom stereocenters. The second kappa shape index (κ2) is 12.0. The van der Waals surface area contributed by atoms with Gasteiger partial charge >= 0.3 is 23.9 Å². The van der Waals surface area contributed by atoms with Crippen LogP contribution in [0.5, 0.6) is 0 Å². The van der Waals surface area contributed by atoms with Crippen LogP contribution in [0.25, 0.3) is 0 Å². The predicted molar refractivity (Wildman–Crippen MR) is 128 cm³/mol. The van der Waals surface area contributed by atoms with Crippen LogP contribution in [0, 0.1) is 0 Å². The minimum Gasteiger partial charge on any atom is -0.459 e. The van der Waals surface area contributed by atoms with Gasteiger partial charge in [-0.05, 0) is 36.4 Å². The van der Waals surface area contributed by atoms with Crippen LogP contribution in [-0.4, -0.2) is 55.1 Å². The van der Waals surface area contributed by atoms with E-state index in [1.54, 1.807) is 91.0 Å². The van der Waals surface area contributed by atoms with Gasteiger partial charge in [-0.1, -0.05) is 54.6 Å². The van der Waals surface area contributed by atoms with Gasteiger partial charge in [0.05, 0.1) is 16.7 Å². The van der Waals surface area contributed by atoms with E-state index in [0.717, 1.165) is 6.92 Å². The molecule has 0 aromatic heterocycles. The predicted octanol–water partition coefficient (Wildman–Crippen LogP) is 3.58. The van der Waals surface area contributed by atoms with Crippen LogP contribution in [0.4, 0.5) is 0 Å². The van der Waals surface area contributed by atoms with Crippen molar-refractivity contribution >= 4 is 23.9 Å². The van der Waals surface area contributed by atoms with Gasteiger partial charge in [-0.25, -0.2) is 14.4 Å². The topological polar surface area (TPSA) is 114 Å². The van der Waals surface area contributed by atoms with Crippen LogP contribution in [-0.2, 0) is 28.5 Å². The molecule has 0 radical (unpaired) electrons. The SMILES string of the molecule is CC(=O)O[C@H]1O[C@@H](COC(=O)c2ccccc2)[C@@H](OC(=O)c2ccccc2)C1OC(=O)c1ccccc1. The lowest BCUT2D eigenvalue weighted by atomic mass is 10.1. The summed E-state index contributed by atoms with van der Waals surface area (Å²) < 4.78 is 27.7. The maximum atomic E-state index is 12.9. The number of esters is 4. The average molecular weight is 504 g/mol. The summed E-state index contributed by atoms with van der Waals surface area (Å²) in [4.78, 5) is 50.0. The summed E-state index contributed by atoms with van der Waals surface area (Å²) in [5.74, 6) is -2.81. The van der Waals surface area contributed by atoms with Gasteiger partial charge in [0, 0.05) is 6.92 Å². The van der Waals surface area contributed by atoms with Crippen molar-refractivity contribution in [1.29, 1.82) is 0 Å². The highest BCUT2D eigenvalue weighted by atomic mass is 16.8. The Kier molecular flexibility index (Phi) is 8.27. The monoisotopic (exact) mass is 504 g/mol. The zero-order valence-electron chi connectivity index (χ0n) is 19.9. The quantitative estimate of drug-likeness (QED) is 0.335. The Labute approximate surface area is 212 Å². The van der Waals surface area contributed by atoms with E-state index < -0.39 is 48.5 Å². The first-order valence-electron chi connectivity index (χ1n) is 11.5. The molecule has 0 amide bonds. The highest BCUT2D eigenvalue weighted by molar-refractivity contribution is 5.91. The molecule has 0 bridgehead atoms. The lowest BCUT2D eigenvalue weighted by Crippen LogP contribution is -2.42. The van der Waals surface area contributed by atoms with E-state index in [1.165, 1.54) is 0 Å². The third kappa shape index (κ3) is 6.59. The Bertz CT molecular complexity index is 1230. The third-order valence-corrected chi connectivity index (χ3v) is 5.44. The molecule has 1 unspecified atom stereocenters. The number of hydrogen-bond acceptors (Lipinski definition) is 9. The summed E-state index contributed by atoms with van der Waals surface area (Å²) in [6.07, 6.45) is -5.09. The summed E-state index contributed by atoms with van der Waals surface area (Å²) in [6, 6.07) is 24.6. The molecule has 9 nitrogen and oxygen atoms in total. The maximum Gasteiger partial charge on any atom is 0.338 e. The van der Waals surface area contributed by atoms with Gasteiger partial charge in [0.25, 0.3) is 0 Å². The van der Waals surface area contributed by atoms with E-state index in [1.807, 2.05) is 0 Å². The molecule has 1 saturated heterocycles. The van der Waals surface area contributed by atoms with E-state index in [4.69, 9.17) is 23.7 Å². The highest BCUT2D eigenvalue weighted by Gasteiger charge is 2.52. The van der Waals surface area contributed by atoms with Gasteiger partial charge in [0.15, 0.2) is 6.10 Å². The van der Waals surface area contributed by atoms with Gasteiger partial charge in [-0.2, -0.15) is 0 Å². The maximum absolute atomic E-state index is 12.9. The number of carbonyl (C=O) groups excluding carboxylic acids is 4. The molecular weight excluding hydrogens is 480 g/mol. The average Bonchev–Trinajstić information content (AvgIpc) is 3.23. The number of carbonyl (C=O) groups is 4. The number of hydrogen-bond donors (Lipinski definition) is 0. The van der Waals surface area contributed by atoms with Crippen molar-refractivity contribution in [2.45, 2.75) is 31.5 Å². The molecule has 3 aromatic rings. The molecule has 1 fully saturated rings. The first kappa shape index (κ1) is 25.6. The van der Waals surface area contributed by atoms with E-state index in [0.29, 0.717) is 5.56 Å². The molecule has 1 heterocycles. The lowest BCUT2D eigenvalue weighted by molar-refractivity contribution is -0.187. The van der Waals surface area contributed by atoms with Crippen molar-refractivity contribution in [3.8, 4) is 0 Å². The molecule has 1 aliphatic rings. The molecule has 3 aromatic carbocycles. The van der Waals surface area contributed by atoms with Crippen LogP contribution in [0.15, 0.2) is 91.0 Å². The fourth-order valence-electron chi connectivity index (χ4n) is 3.70. The van der Waals surface area contributed by atoms with E-state index in [-0.39, 0.29) is 17.7 Å². The Balaban J connectivity index is 1.58. The molecule has 0 saturated carbocycles. The molecule has 0 spiro atoms. The molecule has 4 rings (SSSR count). The van der Waals surface area contributed by atoms with E-state index in [9.17, 15) is 19.2 Å². The van der Waals surface area contributed by atoms with Gasteiger partial charge < -0.3 is 23.7 Å². The Morgan fingerprint density at radius 2 is 1.05 bits per heavy atom. The number of rotatable bonds is 8. The molecule has 0 aliphatic carbocycles. The zero-order valence-corrected chi connectivity index (χ0v) is 19.9. The van der Waals surface area contributed by atoms with Gasteiger partial charge in [0.2, 0.25) is 12.4 Å². The second-order valence-corrected chi connectivity index (χ2v) is 8.09. The van der Waals surface area contributed by atoms with Crippen LogP contribution >= 0.6 is 0 Å². The highest BCUT2D eigenvalue weighted by Crippen LogP contribution is 2.30. The second-order valence-electron chi connectivity index (χ2n) is 8.09. The summed E-state index contributed by atoms with van der Waals surface area (Å²) in [5, 5.41) is 0. The van der Waals surface area contributed by atoms with Crippen LogP contribution in [0.1, 0.15) is 38.0 Å². The Morgan fingerprint density at radius 3 is 1.51 bits per heavy atom. The largest absolute Gasteiger partial charge is 0.459 e. The molecule has 37 heavy (non-hydrogen) atoms. The van der Waals surface area contributed by atoms with Crippen molar-refractivity contribution in [3.05, 3.63) is 108 Å². The third-order valence-electron chi connectivity index (χ3n) is 5.44. The van der Waals surface area contributed by atoms with Crippen molar-refractivity contribution in [2.75, 3.05) is 6.61 Å². The van der Waals surface area contributed by atoms with Gasteiger partial charge in [-0.15, -0.1) is 0 Å². The standard InChI is InChI=1S/C28H24O9/c1-18(29)34-28-24(37-27(32)21-15-9-4-10-16-21)23(36-26(31)20-13-7-3-8-14-20)22(35-28)17-33-25(30)19-11-5-2-6-12-19/h2-16,22-24,28H,17H2,1H3/t22-,23+,24?,28-/m0/s1. The van der Waals surface area contributed by atoms with Crippen LogP contribution in [0.2, 0.25) is 0 Å². The molecule has 9 heteroatoms. The summed E-state index contributed by atoms with van der Waals surface area (Å²) in [6.45, 7) is 0.796. The molecular formula is C28H24O9. The summed E-state index contributed by atoms with van der Waals surface area (Å²) in [5.41, 5.74) is 0.782. The van der Waals surface area contributed by atoms with Crippen molar-refractivity contribution in [3.63, 3.8) is 0 Å². The molecule has 1 aliphatic heterocycles. The minimum atomic E-state index is -1.40. The Morgan fingerprint density at radius 1 is 0.622 bits per heavy atom. The number of benzene rings is 3. The van der Waals surface area contributed by atoms with E-state index in [2.05, 4.69) is 0 Å². The first-order valence-corrected chi connectivity index (χ1v) is 11.5. The van der Waals surface area contributed by atoms with Gasteiger partial charge in [0.1, 0.15) is 12.7 Å². The fourth-order valence-corrected chi connectivity index (χ4v) is 3.70. The van der Waals surface area contributed by atoms with Crippen LogP contribution < -0.4 is 0 Å². The Hall–Kier alpha value is -4.50. The number of ether oxygens (including phenoxy) is 5. The lowest BCUT2D eigenvalue weighted by Gasteiger charge is -2.24. The summed E-state index contributed by atoms with van der Waals surface area (Å²) in [7, 11) is 0. The molecule has 190 valence electrons. The summed E-state index contributed by atoms with van der Waals surface area (Å²) >= 11 is 0. The van der Waals surface area contributed by atoms with Gasteiger partial charge in [-0.3, -0.25) is 4.79 Å². The van der Waals surface area contributed by atoms with Crippen LogP contribution in [0.3, 0.4) is 0 Å². The van der Waals surface area contributed by atoms with Crippen molar-refractivity contribution in [1.82, 2.24) is 0 Å². The molecule has 0 N–H and O–H groups in total. The smallest absolute Gasteiger partial charge is 0.338 e. The zero-order chi connectivity index (χ0) is 26.2. The van der Waals surface area contributed by atoms with Crippen molar-refractivity contribution < 1.29 is 42.9 Å². The first-order chi connectivity index (χ1) is 17.9. The normalized spacial score (nSPS) is 20.5. The fraction of sp³-hybridized carbons (Fsp3) is 0.214.